The van der Waals surface area contributed by atoms with E-state index >= 15 is 0 Å². The first-order valence-electron chi connectivity index (χ1n) is 3.90. The van der Waals surface area contributed by atoms with Crippen LogP contribution in [0.4, 0.5) is 0 Å². The molecule has 0 spiro atoms. The van der Waals surface area contributed by atoms with Crippen LogP contribution in [0.25, 0.3) is 6.08 Å². The first-order chi connectivity index (χ1) is 6.29. The fourth-order valence-corrected chi connectivity index (χ4v) is 1.57. The standard InChI is InChI=1S/C9H10Cl2OSi/c10-13(11)12-8-4-7-9-5-2-1-3-6-9/h1-7,13H,8H2/b7-4+. The lowest BCUT2D eigenvalue weighted by atomic mass is 10.2. The summed E-state index contributed by atoms with van der Waals surface area (Å²) in [7, 11) is -1.90. The first-order valence-corrected chi connectivity index (χ1v) is 7.86. The molecule has 1 rings (SSSR count). The highest BCUT2D eigenvalue weighted by Gasteiger charge is 1.97. The smallest absolute Gasteiger partial charge is 0.373 e. The summed E-state index contributed by atoms with van der Waals surface area (Å²) in [6.07, 6.45) is 3.88. The van der Waals surface area contributed by atoms with Crippen LogP contribution in [0.5, 0.6) is 0 Å². The molecule has 0 saturated carbocycles. The van der Waals surface area contributed by atoms with Crippen LogP contribution < -0.4 is 0 Å². The van der Waals surface area contributed by atoms with Gasteiger partial charge in [-0.1, -0.05) is 42.5 Å². The lowest BCUT2D eigenvalue weighted by Gasteiger charge is -1.97. The van der Waals surface area contributed by atoms with Crippen LogP contribution in [0.1, 0.15) is 5.56 Å². The van der Waals surface area contributed by atoms with Crippen LogP contribution in [0.2, 0.25) is 0 Å². The van der Waals surface area contributed by atoms with Crippen LogP contribution >= 0.6 is 22.2 Å². The minimum absolute atomic E-state index is 0.485. The van der Waals surface area contributed by atoms with Gasteiger partial charge in [-0.2, -0.15) is 0 Å². The van der Waals surface area contributed by atoms with Gasteiger partial charge >= 0.3 is 7.66 Å². The molecule has 0 amide bonds. The van der Waals surface area contributed by atoms with Gasteiger partial charge in [-0.05, 0) is 5.56 Å². The Bertz CT molecular complexity index is 262. The number of hydrogen-bond donors (Lipinski definition) is 0. The SMILES string of the molecule is Cl[SiH](Cl)OC/C=C/c1ccccc1. The summed E-state index contributed by atoms with van der Waals surface area (Å²) >= 11 is 11.0. The van der Waals surface area contributed by atoms with Crippen molar-refractivity contribution in [3.05, 3.63) is 42.0 Å². The maximum absolute atomic E-state index is 5.51. The number of hydrogen-bond acceptors (Lipinski definition) is 1. The minimum atomic E-state index is -1.90. The topological polar surface area (TPSA) is 9.23 Å². The highest BCUT2D eigenvalue weighted by atomic mass is 35.7. The van der Waals surface area contributed by atoms with E-state index in [1.807, 2.05) is 42.5 Å². The summed E-state index contributed by atoms with van der Waals surface area (Å²) in [6.45, 7) is 0.485. The summed E-state index contributed by atoms with van der Waals surface area (Å²) in [5, 5.41) is 0. The van der Waals surface area contributed by atoms with Gasteiger partial charge in [0, 0.05) is 0 Å². The van der Waals surface area contributed by atoms with Gasteiger partial charge in [0.25, 0.3) is 0 Å². The van der Waals surface area contributed by atoms with Crippen molar-refractivity contribution in [2.24, 2.45) is 0 Å². The average Bonchev–Trinajstić information content (AvgIpc) is 2.14. The zero-order valence-corrected chi connectivity index (χ0v) is 9.66. The van der Waals surface area contributed by atoms with Gasteiger partial charge in [0.05, 0.1) is 6.61 Å². The van der Waals surface area contributed by atoms with Crippen molar-refractivity contribution in [2.75, 3.05) is 6.61 Å². The molecule has 0 bridgehead atoms. The lowest BCUT2D eigenvalue weighted by Crippen LogP contribution is -2.00. The quantitative estimate of drug-likeness (QED) is 0.574. The van der Waals surface area contributed by atoms with E-state index in [0.717, 1.165) is 5.56 Å². The van der Waals surface area contributed by atoms with Crippen molar-refractivity contribution in [1.29, 1.82) is 0 Å². The van der Waals surface area contributed by atoms with E-state index in [1.54, 1.807) is 0 Å². The van der Waals surface area contributed by atoms with Crippen molar-refractivity contribution in [3.8, 4) is 0 Å². The van der Waals surface area contributed by atoms with Gasteiger partial charge in [0.15, 0.2) is 0 Å². The number of halogens is 2. The molecule has 0 radical (unpaired) electrons. The normalized spacial score (nSPS) is 11.3. The number of benzene rings is 1. The molecule has 1 aromatic carbocycles. The molecule has 0 N–H and O–H groups in total. The van der Waals surface area contributed by atoms with E-state index in [-0.39, 0.29) is 0 Å². The predicted molar refractivity (Wildman–Crippen MR) is 60.3 cm³/mol. The molecule has 0 aromatic heterocycles. The van der Waals surface area contributed by atoms with Crippen molar-refractivity contribution in [2.45, 2.75) is 0 Å². The Labute approximate surface area is 89.1 Å². The Kier molecular flexibility index (Phi) is 5.16. The van der Waals surface area contributed by atoms with Crippen LogP contribution in [0.15, 0.2) is 36.4 Å². The number of rotatable bonds is 4. The van der Waals surface area contributed by atoms with Gasteiger partial charge < -0.3 is 4.43 Å². The Morgan fingerprint density at radius 3 is 2.54 bits per heavy atom. The largest absolute Gasteiger partial charge is 0.391 e. The third-order valence-corrected chi connectivity index (χ3v) is 2.63. The average molecular weight is 233 g/mol. The molecule has 4 heteroatoms. The van der Waals surface area contributed by atoms with Crippen molar-refractivity contribution in [1.82, 2.24) is 0 Å². The van der Waals surface area contributed by atoms with Crippen molar-refractivity contribution in [3.63, 3.8) is 0 Å². The van der Waals surface area contributed by atoms with Crippen LogP contribution in [-0.2, 0) is 4.43 Å². The highest BCUT2D eigenvalue weighted by molar-refractivity contribution is 7.30. The van der Waals surface area contributed by atoms with Gasteiger partial charge in [-0.15, -0.1) is 22.2 Å². The molecule has 0 aliphatic rings. The van der Waals surface area contributed by atoms with E-state index in [2.05, 4.69) is 0 Å². The molecular weight excluding hydrogens is 223 g/mol. The zero-order chi connectivity index (χ0) is 9.52. The summed E-state index contributed by atoms with van der Waals surface area (Å²) < 4.78 is 5.05. The zero-order valence-electron chi connectivity index (χ0n) is 6.99. The fraction of sp³-hybridized carbons (Fsp3) is 0.111. The molecule has 0 atom stereocenters. The van der Waals surface area contributed by atoms with Crippen LogP contribution in [0, 0.1) is 0 Å². The second-order valence-corrected chi connectivity index (χ2v) is 6.31. The van der Waals surface area contributed by atoms with Crippen LogP contribution in [0.3, 0.4) is 0 Å². The van der Waals surface area contributed by atoms with Gasteiger partial charge in [-0.25, -0.2) is 0 Å². The van der Waals surface area contributed by atoms with Crippen molar-refractivity contribution >= 4 is 35.9 Å². The summed E-state index contributed by atoms with van der Waals surface area (Å²) in [6, 6.07) is 10.00. The third kappa shape index (κ3) is 5.11. The minimum Gasteiger partial charge on any atom is -0.391 e. The van der Waals surface area contributed by atoms with E-state index < -0.39 is 7.66 Å². The summed E-state index contributed by atoms with van der Waals surface area (Å²) in [4.78, 5) is 0. The first kappa shape index (κ1) is 10.8. The Morgan fingerprint density at radius 2 is 1.92 bits per heavy atom. The van der Waals surface area contributed by atoms with E-state index in [9.17, 15) is 0 Å². The Balaban J connectivity index is 2.33. The summed E-state index contributed by atoms with van der Waals surface area (Å²) in [5.74, 6) is 0. The van der Waals surface area contributed by atoms with E-state index in [0.29, 0.717) is 6.61 Å². The van der Waals surface area contributed by atoms with Gasteiger partial charge in [0.2, 0.25) is 0 Å². The molecule has 0 aliphatic carbocycles. The molecular formula is C9H10Cl2OSi. The monoisotopic (exact) mass is 232 g/mol. The Hall–Kier alpha value is -0.283. The molecule has 0 saturated heterocycles. The molecule has 1 nitrogen and oxygen atoms in total. The molecule has 0 unspecified atom stereocenters. The maximum Gasteiger partial charge on any atom is 0.373 e. The van der Waals surface area contributed by atoms with Gasteiger partial charge in [0.1, 0.15) is 0 Å². The molecule has 0 fully saturated rings. The highest BCUT2D eigenvalue weighted by Crippen LogP contribution is 2.02. The maximum atomic E-state index is 5.51. The van der Waals surface area contributed by atoms with Crippen molar-refractivity contribution < 1.29 is 4.43 Å². The molecule has 13 heavy (non-hydrogen) atoms. The molecule has 0 heterocycles. The lowest BCUT2D eigenvalue weighted by molar-refractivity contribution is 0.392. The molecule has 0 aliphatic heterocycles. The molecule has 1 aromatic rings. The predicted octanol–water partition coefficient (Wildman–Crippen LogP) is 2.91. The van der Waals surface area contributed by atoms with Gasteiger partial charge in [-0.3, -0.25) is 0 Å². The fourth-order valence-electron chi connectivity index (χ4n) is 0.877. The van der Waals surface area contributed by atoms with E-state index in [1.165, 1.54) is 0 Å². The summed E-state index contributed by atoms with van der Waals surface area (Å²) in [5.41, 5.74) is 1.15. The second-order valence-electron chi connectivity index (χ2n) is 2.41. The molecule has 70 valence electrons. The van der Waals surface area contributed by atoms with E-state index in [4.69, 9.17) is 26.6 Å². The second kappa shape index (κ2) is 6.21. The van der Waals surface area contributed by atoms with Crippen LogP contribution in [-0.4, -0.2) is 14.3 Å². The third-order valence-electron chi connectivity index (χ3n) is 1.43. The Morgan fingerprint density at radius 1 is 1.23 bits per heavy atom.